The maximum absolute atomic E-state index is 10.6. The highest BCUT2D eigenvalue weighted by Gasteiger charge is 2.24. The number of thiophene rings is 1. The van der Waals surface area contributed by atoms with Crippen LogP contribution in [0.5, 0.6) is 0 Å². The Bertz CT molecular complexity index is 718. The Hall–Kier alpha value is -1.95. The Morgan fingerprint density at radius 2 is 2.09 bits per heavy atom. The van der Waals surface area contributed by atoms with Crippen molar-refractivity contribution in [2.24, 2.45) is 0 Å². The van der Waals surface area contributed by atoms with Gasteiger partial charge in [0.25, 0.3) is 0 Å². The molecule has 0 spiro atoms. The highest BCUT2D eigenvalue weighted by atomic mass is 32.1. The van der Waals surface area contributed by atoms with Crippen LogP contribution < -0.4 is 5.32 Å². The third kappa shape index (κ3) is 3.69. The second-order valence-corrected chi connectivity index (χ2v) is 6.86. The van der Waals surface area contributed by atoms with E-state index >= 15 is 0 Å². The summed E-state index contributed by atoms with van der Waals surface area (Å²) in [5.41, 5.74) is 1.43. The zero-order valence-electron chi connectivity index (χ0n) is 13.3. The van der Waals surface area contributed by atoms with Crippen molar-refractivity contribution < 1.29 is 5.11 Å². The maximum Gasteiger partial charge on any atom is 0.108 e. The van der Waals surface area contributed by atoms with Crippen LogP contribution in [0.1, 0.15) is 30.3 Å². The van der Waals surface area contributed by atoms with Gasteiger partial charge in [0, 0.05) is 35.5 Å². The third-order valence-electron chi connectivity index (χ3n) is 4.00. The van der Waals surface area contributed by atoms with Crippen LogP contribution in [-0.4, -0.2) is 21.2 Å². The van der Waals surface area contributed by atoms with E-state index < -0.39 is 5.60 Å². The summed E-state index contributed by atoms with van der Waals surface area (Å²) < 4.78 is 1.98. The van der Waals surface area contributed by atoms with Gasteiger partial charge in [-0.05, 0) is 43.0 Å². The number of nitrogens with zero attached hydrogens (tertiary/aromatic N) is 2. The molecule has 0 fully saturated rings. The average Bonchev–Trinajstić information content (AvgIpc) is 3.26. The summed E-state index contributed by atoms with van der Waals surface area (Å²) >= 11 is 1.58. The average molecular weight is 327 g/mol. The minimum absolute atomic E-state index is 0.165. The molecule has 2 N–H and O–H groups in total. The van der Waals surface area contributed by atoms with Crippen molar-refractivity contribution in [3.8, 4) is 5.69 Å². The minimum atomic E-state index is -0.848. The van der Waals surface area contributed by atoms with Crippen molar-refractivity contribution in [1.82, 2.24) is 14.9 Å². The Morgan fingerprint density at radius 3 is 2.70 bits per heavy atom. The van der Waals surface area contributed by atoms with Gasteiger partial charge in [-0.2, -0.15) is 0 Å². The smallest absolute Gasteiger partial charge is 0.108 e. The van der Waals surface area contributed by atoms with E-state index in [9.17, 15) is 5.11 Å². The summed E-state index contributed by atoms with van der Waals surface area (Å²) in [5, 5.41) is 16.0. The molecule has 2 aromatic heterocycles. The van der Waals surface area contributed by atoms with Crippen LogP contribution in [0, 0.1) is 0 Å². The Morgan fingerprint density at radius 1 is 1.30 bits per heavy atom. The normalized spacial score (nSPS) is 15.3. The van der Waals surface area contributed by atoms with Crippen LogP contribution in [0.4, 0.5) is 0 Å². The molecule has 0 amide bonds. The zero-order chi connectivity index (χ0) is 16.3. The molecule has 0 aliphatic rings. The predicted octanol–water partition coefficient (Wildman–Crippen LogP) is 3.49. The molecule has 2 heterocycles. The fourth-order valence-electron chi connectivity index (χ4n) is 2.49. The van der Waals surface area contributed by atoms with Gasteiger partial charge < -0.3 is 15.0 Å². The molecule has 4 nitrogen and oxygen atoms in total. The summed E-state index contributed by atoms with van der Waals surface area (Å²) in [5.74, 6) is 0. The predicted molar refractivity (Wildman–Crippen MR) is 93.9 cm³/mol. The standard InChI is InChI=1S/C18H21N3OS/c1-14(20-12-18(2,22)17-4-3-11-23-17)15-5-7-16(8-6-15)21-10-9-19-13-21/h3-11,13-14,20,22H,12H2,1-2H3/t14-,18+/m1/s1. The van der Waals surface area contributed by atoms with Gasteiger partial charge in [-0.25, -0.2) is 4.98 Å². The number of benzene rings is 1. The van der Waals surface area contributed by atoms with Crippen molar-refractivity contribution in [3.63, 3.8) is 0 Å². The molecule has 0 saturated heterocycles. The summed E-state index contributed by atoms with van der Waals surface area (Å²) in [4.78, 5) is 5.04. The summed E-state index contributed by atoms with van der Waals surface area (Å²) in [6, 6.07) is 12.5. The topological polar surface area (TPSA) is 50.1 Å². The van der Waals surface area contributed by atoms with E-state index in [2.05, 4.69) is 41.5 Å². The SMILES string of the molecule is C[C@@H](NC[C@](C)(O)c1cccs1)c1ccc(-n2ccnc2)cc1. The van der Waals surface area contributed by atoms with Gasteiger partial charge in [0.2, 0.25) is 0 Å². The second kappa shape index (κ2) is 6.66. The van der Waals surface area contributed by atoms with Gasteiger partial charge in [-0.15, -0.1) is 11.3 Å². The van der Waals surface area contributed by atoms with Gasteiger partial charge in [0.1, 0.15) is 5.60 Å². The van der Waals surface area contributed by atoms with Crippen LogP contribution in [0.25, 0.3) is 5.69 Å². The lowest BCUT2D eigenvalue weighted by atomic mass is 10.0. The van der Waals surface area contributed by atoms with Crippen molar-refractivity contribution in [2.45, 2.75) is 25.5 Å². The van der Waals surface area contributed by atoms with Crippen molar-refractivity contribution in [3.05, 3.63) is 70.9 Å². The first-order valence-electron chi connectivity index (χ1n) is 7.64. The van der Waals surface area contributed by atoms with E-state index in [4.69, 9.17) is 0 Å². The molecular weight excluding hydrogens is 306 g/mol. The quantitative estimate of drug-likeness (QED) is 0.728. The van der Waals surface area contributed by atoms with Crippen LogP contribution in [0.3, 0.4) is 0 Å². The highest BCUT2D eigenvalue weighted by Crippen LogP contribution is 2.25. The number of aromatic nitrogens is 2. The lowest BCUT2D eigenvalue weighted by molar-refractivity contribution is 0.0581. The Labute approximate surface area is 140 Å². The molecule has 5 heteroatoms. The summed E-state index contributed by atoms with van der Waals surface area (Å²) in [6.45, 7) is 4.47. The van der Waals surface area contributed by atoms with Crippen LogP contribution in [-0.2, 0) is 5.60 Å². The summed E-state index contributed by atoms with van der Waals surface area (Å²) in [7, 11) is 0. The van der Waals surface area contributed by atoms with Crippen LogP contribution in [0.2, 0.25) is 0 Å². The van der Waals surface area contributed by atoms with Crippen molar-refractivity contribution in [2.75, 3.05) is 6.54 Å². The van der Waals surface area contributed by atoms with Gasteiger partial charge in [-0.3, -0.25) is 0 Å². The first-order chi connectivity index (χ1) is 11.1. The van der Waals surface area contributed by atoms with E-state index in [1.54, 1.807) is 23.9 Å². The molecule has 0 unspecified atom stereocenters. The molecule has 0 aliphatic carbocycles. The molecule has 23 heavy (non-hydrogen) atoms. The highest BCUT2D eigenvalue weighted by molar-refractivity contribution is 7.10. The van der Waals surface area contributed by atoms with Gasteiger partial charge in [-0.1, -0.05) is 18.2 Å². The zero-order valence-corrected chi connectivity index (χ0v) is 14.1. The molecule has 2 atom stereocenters. The molecule has 3 rings (SSSR count). The van der Waals surface area contributed by atoms with Crippen LogP contribution in [0.15, 0.2) is 60.5 Å². The van der Waals surface area contributed by atoms with Gasteiger partial charge in [0.05, 0.1) is 6.33 Å². The Balaban J connectivity index is 1.63. The number of hydrogen-bond donors (Lipinski definition) is 2. The van der Waals surface area contributed by atoms with E-state index in [-0.39, 0.29) is 6.04 Å². The second-order valence-electron chi connectivity index (χ2n) is 5.92. The number of nitrogens with one attached hydrogen (secondary N) is 1. The third-order valence-corrected chi connectivity index (χ3v) is 5.12. The fraction of sp³-hybridized carbons (Fsp3) is 0.278. The molecule has 3 aromatic rings. The molecule has 0 radical (unpaired) electrons. The molecule has 120 valence electrons. The lowest BCUT2D eigenvalue weighted by Gasteiger charge is -2.25. The van der Waals surface area contributed by atoms with Crippen molar-refractivity contribution in [1.29, 1.82) is 0 Å². The largest absolute Gasteiger partial charge is 0.383 e. The first kappa shape index (κ1) is 15.9. The van der Waals surface area contributed by atoms with Crippen molar-refractivity contribution >= 4 is 11.3 Å². The molecule has 0 aliphatic heterocycles. The molecular formula is C18H21N3OS. The first-order valence-corrected chi connectivity index (χ1v) is 8.52. The number of rotatable bonds is 6. The lowest BCUT2D eigenvalue weighted by Crippen LogP contribution is -2.36. The van der Waals surface area contributed by atoms with E-state index in [1.165, 1.54) is 5.56 Å². The van der Waals surface area contributed by atoms with Gasteiger partial charge >= 0.3 is 0 Å². The minimum Gasteiger partial charge on any atom is -0.383 e. The van der Waals surface area contributed by atoms with E-state index in [0.29, 0.717) is 6.54 Å². The fourth-order valence-corrected chi connectivity index (χ4v) is 3.28. The van der Waals surface area contributed by atoms with Crippen LogP contribution >= 0.6 is 11.3 Å². The molecule has 0 saturated carbocycles. The molecule has 1 aromatic carbocycles. The van der Waals surface area contributed by atoms with E-state index in [0.717, 1.165) is 10.6 Å². The number of imidazole rings is 1. The number of aliphatic hydroxyl groups is 1. The summed E-state index contributed by atoms with van der Waals surface area (Å²) in [6.07, 6.45) is 5.48. The van der Waals surface area contributed by atoms with Gasteiger partial charge in [0.15, 0.2) is 0 Å². The van der Waals surface area contributed by atoms with E-state index in [1.807, 2.05) is 35.2 Å². The monoisotopic (exact) mass is 327 g/mol. The maximum atomic E-state index is 10.6. The molecule has 0 bridgehead atoms. The number of hydrogen-bond acceptors (Lipinski definition) is 4. The Kier molecular flexibility index (Phi) is 4.61.